The van der Waals surface area contributed by atoms with Gasteiger partial charge in [-0.3, -0.25) is 0 Å². The third-order valence-corrected chi connectivity index (χ3v) is 2.52. The quantitative estimate of drug-likeness (QED) is 0.635. The van der Waals surface area contributed by atoms with Gasteiger partial charge in [0.15, 0.2) is 0 Å². The van der Waals surface area contributed by atoms with Gasteiger partial charge in [-0.1, -0.05) is 12.1 Å². The molecule has 3 N–H and O–H groups in total. The van der Waals surface area contributed by atoms with Gasteiger partial charge in [0.1, 0.15) is 5.82 Å². The molecule has 0 saturated carbocycles. The van der Waals surface area contributed by atoms with Crippen LogP contribution in [0.4, 0.5) is 34.6 Å². The summed E-state index contributed by atoms with van der Waals surface area (Å²) in [6.07, 6.45) is -4.47. The Morgan fingerprint density at radius 1 is 0.947 bits per heavy atom. The van der Waals surface area contributed by atoms with Crippen LogP contribution in [0.3, 0.4) is 0 Å². The van der Waals surface area contributed by atoms with Crippen LogP contribution in [-0.2, 0) is 6.18 Å². The molecule has 19 heavy (non-hydrogen) atoms. The Morgan fingerprint density at radius 3 is 2.26 bits per heavy atom. The first kappa shape index (κ1) is 13.2. The lowest BCUT2D eigenvalue weighted by Gasteiger charge is -2.15. The molecule has 0 aliphatic heterocycles. The smallest absolute Gasteiger partial charge is 0.397 e. The van der Waals surface area contributed by atoms with Gasteiger partial charge in [0.2, 0.25) is 0 Å². The molecule has 0 unspecified atom stereocenters. The number of nitrogens with one attached hydrogen (secondary N) is 1. The van der Waals surface area contributed by atoms with E-state index in [1.54, 1.807) is 0 Å². The minimum atomic E-state index is -4.47. The Balaban J connectivity index is 2.39. The lowest BCUT2D eigenvalue weighted by Crippen LogP contribution is -2.09. The van der Waals surface area contributed by atoms with Crippen molar-refractivity contribution in [2.24, 2.45) is 0 Å². The minimum Gasteiger partial charge on any atom is -0.397 e. The minimum absolute atomic E-state index is 0.0389. The molecular formula is C13H10F4N2. The molecule has 0 saturated heterocycles. The van der Waals surface area contributed by atoms with Crippen LogP contribution in [0.1, 0.15) is 5.56 Å². The van der Waals surface area contributed by atoms with Gasteiger partial charge >= 0.3 is 6.18 Å². The van der Waals surface area contributed by atoms with Crippen molar-refractivity contribution in [3.8, 4) is 0 Å². The molecule has 2 rings (SSSR count). The van der Waals surface area contributed by atoms with E-state index >= 15 is 0 Å². The average Bonchev–Trinajstić information content (AvgIpc) is 2.32. The van der Waals surface area contributed by atoms with E-state index in [1.807, 2.05) is 0 Å². The van der Waals surface area contributed by atoms with E-state index in [9.17, 15) is 17.6 Å². The molecule has 2 nitrogen and oxygen atoms in total. The summed E-state index contributed by atoms with van der Waals surface area (Å²) in [5.41, 5.74) is 4.87. The van der Waals surface area contributed by atoms with Crippen molar-refractivity contribution in [1.82, 2.24) is 0 Å². The maximum absolute atomic E-state index is 12.9. The zero-order valence-electron chi connectivity index (χ0n) is 9.63. The maximum atomic E-state index is 12.9. The number of nitrogens with two attached hydrogens (primary N) is 1. The number of nitrogen functional groups attached to an aromatic ring is 1. The summed E-state index contributed by atoms with van der Waals surface area (Å²) < 4.78 is 51.2. The van der Waals surface area contributed by atoms with E-state index in [1.165, 1.54) is 24.3 Å². The van der Waals surface area contributed by atoms with Crippen LogP contribution in [0.25, 0.3) is 0 Å². The van der Waals surface area contributed by atoms with Crippen molar-refractivity contribution in [3.63, 3.8) is 0 Å². The highest BCUT2D eigenvalue weighted by atomic mass is 19.4. The lowest BCUT2D eigenvalue weighted by molar-refractivity contribution is -0.136. The van der Waals surface area contributed by atoms with Crippen molar-refractivity contribution in [2.75, 3.05) is 11.1 Å². The number of anilines is 3. The second-order valence-electron chi connectivity index (χ2n) is 3.90. The van der Waals surface area contributed by atoms with Crippen LogP contribution in [0, 0.1) is 5.82 Å². The Labute approximate surface area is 106 Å². The predicted molar refractivity (Wildman–Crippen MR) is 65.5 cm³/mol. The molecule has 100 valence electrons. The highest BCUT2D eigenvalue weighted by Gasteiger charge is 2.33. The summed E-state index contributed by atoms with van der Waals surface area (Å²) >= 11 is 0. The van der Waals surface area contributed by atoms with E-state index in [2.05, 4.69) is 5.32 Å². The lowest BCUT2D eigenvalue weighted by atomic mass is 10.1. The van der Waals surface area contributed by atoms with Gasteiger partial charge in [-0.25, -0.2) is 4.39 Å². The SMILES string of the molecule is Nc1cc(F)ccc1Nc1ccccc1C(F)(F)F. The van der Waals surface area contributed by atoms with Gasteiger partial charge in [-0.05, 0) is 30.3 Å². The summed E-state index contributed by atoms with van der Waals surface area (Å²) in [6.45, 7) is 0. The van der Waals surface area contributed by atoms with Gasteiger partial charge in [0, 0.05) is 0 Å². The molecule has 0 atom stereocenters. The summed E-state index contributed by atoms with van der Waals surface area (Å²) in [5, 5.41) is 2.56. The number of alkyl halides is 3. The fourth-order valence-electron chi connectivity index (χ4n) is 1.63. The van der Waals surface area contributed by atoms with Gasteiger partial charge in [0.25, 0.3) is 0 Å². The Kier molecular flexibility index (Phi) is 3.33. The molecule has 0 radical (unpaired) electrons. The molecule has 0 heterocycles. The number of hydrogen-bond donors (Lipinski definition) is 2. The molecule has 2 aromatic carbocycles. The molecule has 6 heteroatoms. The fourth-order valence-corrected chi connectivity index (χ4v) is 1.63. The summed E-state index contributed by atoms with van der Waals surface area (Å²) in [7, 11) is 0. The molecule has 0 aliphatic carbocycles. The normalized spacial score (nSPS) is 11.4. The first-order valence-electron chi connectivity index (χ1n) is 5.36. The van der Waals surface area contributed by atoms with Gasteiger partial charge in [-0.15, -0.1) is 0 Å². The van der Waals surface area contributed by atoms with Crippen LogP contribution in [0.15, 0.2) is 42.5 Å². The van der Waals surface area contributed by atoms with Crippen LogP contribution in [0.5, 0.6) is 0 Å². The van der Waals surface area contributed by atoms with E-state index in [-0.39, 0.29) is 17.1 Å². The van der Waals surface area contributed by atoms with E-state index in [0.29, 0.717) is 0 Å². The molecule has 0 spiro atoms. The van der Waals surface area contributed by atoms with E-state index in [4.69, 9.17) is 5.73 Å². The molecule has 0 bridgehead atoms. The van der Waals surface area contributed by atoms with E-state index < -0.39 is 17.6 Å². The molecule has 0 amide bonds. The Hall–Kier alpha value is -2.24. The Morgan fingerprint density at radius 2 is 1.63 bits per heavy atom. The van der Waals surface area contributed by atoms with Crippen molar-refractivity contribution in [1.29, 1.82) is 0 Å². The van der Waals surface area contributed by atoms with Crippen molar-refractivity contribution in [3.05, 3.63) is 53.8 Å². The first-order valence-corrected chi connectivity index (χ1v) is 5.36. The zero-order chi connectivity index (χ0) is 14.0. The molecule has 0 aliphatic rings. The standard InChI is InChI=1S/C13H10F4N2/c14-8-5-6-12(10(18)7-8)19-11-4-2-1-3-9(11)13(15,16)17/h1-7,19H,18H2. The Bertz CT molecular complexity index is 593. The fraction of sp³-hybridized carbons (Fsp3) is 0.0769. The summed E-state index contributed by atoms with van der Waals surface area (Å²) in [5.74, 6) is -0.549. The van der Waals surface area contributed by atoms with Crippen LogP contribution >= 0.6 is 0 Å². The molecule has 0 fully saturated rings. The van der Waals surface area contributed by atoms with Crippen molar-refractivity contribution in [2.45, 2.75) is 6.18 Å². The van der Waals surface area contributed by atoms with Crippen LogP contribution in [-0.4, -0.2) is 0 Å². The van der Waals surface area contributed by atoms with Crippen LogP contribution in [0.2, 0.25) is 0 Å². The third-order valence-electron chi connectivity index (χ3n) is 2.52. The topological polar surface area (TPSA) is 38.0 Å². The maximum Gasteiger partial charge on any atom is 0.418 e. The van der Waals surface area contributed by atoms with Crippen molar-refractivity contribution >= 4 is 17.1 Å². The summed E-state index contributed by atoms with van der Waals surface area (Å²) in [4.78, 5) is 0. The average molecular weight is 270 g/mol. The molecule has 2 aromatic rings. The second-order valence-corrected chi connectivity index (χ2v) is 3.90. The summed E-state index contributed by atoms with van der Waals surface area (Å²) in [6, 6.07) is 8.46. The number of para-hydroxylation sites is 1. The predicted octanol–water partition coefficient (Wildman–Crippen LogP) is 4.17. The monoisotopic (exact) mass is 270 g/mol. The molecule has 0 aromatic heterocycles. The first-order chi connectivity index (χ1) is 8.88. The molecular weight excluding hydrogens is 260 g/mol. The number of halogens is 4. The second kappa shape index (κ2) is 4.79. The number of rotatable bonds is 2. The highest BCUT2D eigenvalue weighted by Crippen LogP contribution is 2.36. The number of benzene rings is 2. The van der Waals surface area contributed by atoms with Gasteiger partial charge < -0.3 is 11.1 Å². The van der Waals surface area contributed by atoms with Gasteiger partial charge in [-0.2, -0.15) is 13.2 Å². The zero-order valence-corrected chi connectivity index (χ0v) is 9.63. The third kappa shape index (κ3) is 2.96. The van der Waals surface area contributed by atoms with E-state index in [0.717, 1.165) is 18.2 Å². The van der Waals surface area contributed by atoms with Gasteiger partial charge in [0.05, 0.1) is 22.6 Å². The number of hydrogen-bond acceptors (Lipinski definition) is 2. The van der Waals surface area contributed by atoms with Crippen LogP contribution < -0.4 is 11.1 Å². The highest BCUT2D eigenvalue weighted by molar-refractivity contribution is 5.74. The van der Waals surface area contributed by atoms with Crippen molar-refractivity contribution < 1.29 is 17.6 Å². The largest absolute Gasteiger partial charge is 0.418 e.